The molecule has 1 heterocycles. The molecule has 0 radical (unpaired) electrons. The Labute approximate surface area is 122 Å². The summed E-state index contributed by atoms with van der Waals surface area (Å²) < 4.78 is 5.29. The van der Waals surface area contributed by atoms with Crippen molar-refractivity contribution >= 4 is 5.71 Å². The minimum Gasteiger partial charge on any atom is -0.507 e. The maximum Gasteiger partial charge on any atom is 0.349 e. The second-order valence-corrected chi connectivity index (χ2v) is 4.33. The van der Waals surface area contributed by atoms with Crippen LogP contribution in [0.4, 0.5) is 0 Å². The summed E-state index contributed by atoms with van der Waals surface area (Å²) in [5.74, 6) is 0.152. The third-order valence-electron chi connectivity index (χ3n) is 2.92. The SMILES string of the molecule is CCON=C(CC)c1c(O)cc(-c2ccccc2)oc1=O. The fraction of sp³-hybridized carbons (Fsp3) is 0.250. The quantitative estimate of drug-likeness (QED) is 0.677. The van der Waals surface area contributed by atoms with Gasteiger partial charge in [0, 0.05) is 11.6 Å². The van der Waals surface area contributed by atoms with Crippen molar-refractivity contribution in [2.45, 2.75) is 20.3 Å². The second kappa shape index (κ2) is 6.74. The molecule has 0 spiro atoms. The van der Waals surface area contributed by atoms with Gasteiger partial charge in [-0.15, -0.1) is 0 Å². The Hall–Kier alpha value is -2.56. The number of benzene rings is 1. The number of oxime groups is 1. The first-order valence-corrected chi connectivity index (χ1v) is 6.79. The first-order valence-electron chi connectivity index (χ1n) is 6.79. The number of aromatic hydroxyl groups is 1. The third kappa shape index (κ3) is 3.31. The second-order valence-electron chi connectivity index (χ2n) is 4.33. The van der Waals surface area contributed by atoms with E-state index in [1.54, 1.807) is 19.1 Å². The van der Waals surface area contributed by atoms with E-state index in [1.807, 2.05) is 25.1 Å². The van der Waals surface area contributed by atoms with Gasteiger partial charge in [-0.2, -0.15) is 0 Å². The zero-order valence-corrected chi connectivity index (χ0v) is 12.0. The number of hydrogen-bond donors (Lipinski definition) is 1. The number of rotatable bonds is 5. The Morgan fingerprint density at radius 3 is 2.57 bits per heavy atom. The van der Waals surface area contributed by atoms with Gasteiger partial charge in [-0.3, -0.25) is 0 Å². The summed E-state index contributed by atoms with van der Waals surface area (Å²) in [6.07, 6.45) is 0.447. The van der Waals surface area contributed by atoms with Gasteiger partial charge in [-0.1, -0.05) is 42.4 Å². The van der Waals surface area contributed by atoms with Gasteiger partial charge in [-0.05, 0) is 13.3 Å². The number of hydrogen-bond acceptors (Lipinski definition) is 5. The van der Waals surface area contributed by atoms with Crippen LogP contribution in [-0.2, 0) is 4.84 Å². The lowest BCUT2D eigenvalue weighted by Gasteiger charge is -2.07. The van der Waals surface area contributed by atoms with E-state index in [2.05, 4.69) is 5.16 Å². The first kappa shape index (κ1) is 14.8. The highest BCUT2D eigenvalue weighted by Gasteiger charge is 2.17. The van der Waals surface area contributed by atoms with E-state index in [-0.39, 0.29) is 11.3 Å². The molecule has 0 saturated heterocycles. The van der Waals surface area contributed by atoms with Crippen molar-refractivity contribution in [3.8, 4) is 17.1 Å². The minimum atomic E-state index is -0.630. The Balaban J connectivity index is 2.50. The van der Waals surface area contributed by atoms with Gasteiger partial charge in [0.05, 0.1) is 5.71 Å². The standard InChI is InChI=1S/C16H17NO4/c1-3-12(17-20-4-2)15-13(18)10-14(21-16(15)19)11-8-6-5-7-9-11/h5-10,18H,3-4H2,1-2H3. The summed E-state index contributed by atoms with van der Waals surface area (Å²) in [5, 5.41) is 14.0. The molecule has 110 valence electrons. The van der Waals surface area contributed by atoms with Crippen LogP contribution in [0.3, 0.4) is 0 Å². The van der Waals surface area contributed by atoms with Gasteiger partial charge in [0.15, 0.2) is 0 Å². The molecule has 0 fully saturated rings. The van der Waals surface area contributed by atoms with E-state index in [4.69, 9.17) is 9.25 Å². The van der Waals surface area contributed by atoms with Crippen molar-refractivity contribution in [1.29, 1.82) is 0 Å². The van der Waals surface area contributed by atoms with Crippen LogP contribution in [0.15, 0.2) is 50.8 Å². The third-order valence-corrected chi connectivity index (χ3v) is 2.92. The summed E-state index contributed by atoms with van der Waals surface area (Å²) in [7, 11) is 0. The van der Waals surface area contributed by atoms with Crippen LogP contribution in [0.5, 0.6) is 5.75 Å². The molecule has 2 aromatic rings. The van der Waals surface area contributed by atoms with Gasteiger partial charge in [-0.25, -0.2) is 4.79 Å². The van der Waals surface area contributed by atoms with Crippen molar-refractivity contribution in [2.75, 3.05) is 6.61 Å². The highest BCUT2D eigenvalue weighted by molar-refractivity contribution is 6.02. The fourth-order valence-corrected chi connectivity index (χ4v) is 1.92. The first-order chi connectivity index (χ1) is 10.2. The Morgan fingerprint density at radius 1 is 1.29 bits per heavy atom. The topological polar surface area (TPSA) is 72.0 Å². The van der Waals surface area contributed by atoms with Crippen LogP contribution in [0.2, 0.25) is 0 Å². The molecular weight excluding hydrogens is 270 g/mol. The molecule has 1 N–H and O–H groups in total. The molecule has 21 heavy (non-hydrogen) atoms. The van der Waals surface area contributed by atoms with Gasteiger partial charge in [0.1, 0.15) is 23.7 Å². The molecule has 2 rings (SSSR count). The van der Waals surface area contributed by atoms with Gasteiger partial charge in [0.25, 0.3) is 0 Å². The van der Waals surface area contributed by atoms with E-state index in [0.29, 0.717) is 24.5 Å². The molecule has 0 aliphatic heterocycles. The molecule has 0 unspecified atom stereocenters. The molecule has 5 nitrogen and oxygen atoms in total. The summed E-state index contributed by atoms with van der Waals surface area (Å²) in [6.45, 7) is 4.00. The van der Waals surface area contributed by atoms with Crippen molar-refractivity contribution in [2.24, 2.45) is 5.16 Å². The van der Waals surface area contributed by atoms with E-state index in [1.165, 1.54) is 6.07 Å². The molecule has 5 heteroatoms. The predicted octanol–water partition coefficient (Wildman–Crippen LogP) is 3.16. The maximum absolute atomic E-state index is 12.1. The van der Waals surface area contributed by atoms with Gasteiger partial charge >= 0.3 is 5.63 Å². The van der Waals surface area contributed by atoms with E-state index < -0.39 is 5.63 Å². The van der Waals surface area contributed by atoms with Crippen LogP contribution in [-0.4, -0.2) is 17.4 Å². The Morgan fingerprint density at radius 2 is 2.00 bits per heavy atom. The van der Waals surface area contributed by atoms with Crippen molar-refractivity contribution < 1.29 is 14.4 Å². The fourth-order valence-electron chi connectivity index (χ4n) is 1.92. The van der Waals surface area contributed by atoms with Crippen LogP contribution in [0.1, 0.15) is 25.8 Å². The molecule has 0 saturated carbocycles. The van der Waals surface area contributed by atoms with E-state index in [9.17, 15) is 9.90 Å². The van der Waals surface area contributed by atoms with Crippen LogP contribution in [0, 0.1) is 0 Å². The molecule has 0 aliphatic carbocycles. The van der Waals surface area contributed by atoms with Gasteiger partial charge in [0.2, 0.25) is 0 Å². The monoisotopic (exact) mass is 287 g/mol. The lowest BCUT2D eigenvalue weighted by Crippen LogP contribution is -2.15. The average Bonchev–Trinajstić information content (AvgIpc) is 2.50. The van der Waals surface area contributed by atoms with Crippen LogP contribution >= 0.6 is 0 Å². The summed E-state index contributed by atoms with van der Waals surface area (Å²) in [5.41, 5.74) is 0.499. The van der Waals surface area contributed by atoms with Crippen molar-refractivity contribution in [3.05, 3.63) is 52.4 Å². The number of nitrogens with zero attached hydrogens (tertiary/aromatic N) is 1. The van der Waals surface area contributed by atoms with Crippen LogP contribution in [0.25, 0.3) is 11.3 Å². The van der Waals surface area contributed by atoms with E-state index >= 15 is 0 Å². The zero-order chi connectivity index (χ0) is 15.2. The molecule has 0 aliphatic rings. The molecule has 1 aromatic carbocycles. The Bertz CT molecular complexity index is 689. The zero-order valence-electron chi connectivity index (χ0n) is 12.0. The van der Waals surface area contributed by atoms with Crippen molar-refractivity contribution in [3.63, 3.8) is 0 Å². The highest BCUT2D eigenvalue weighted by Crippen LogP contribution is 2.24. The van der Waals surface area contributed by atoms with Crippen molar-refractivity contribution in [1.82, 2.24) is 0 Å². The highest BCUT2D eigenvalue weighted by atomic mass is 16.6. The maximum atomic E-state index is 12.1. The Kier molecular flexibility index (Phi) is 4.77. The summed E-state index contributed by atoms with van der Waals surface area (Å²) >= 11 is 0. The predicted molar refractivity (Wildman–Crippen MR) is 80.5 cm³/mol. The molecule has 0 amide bonds. The molecule has 0 atom stereocenters. The average molecular weight is 287 g/mol. The minimum absolute atomic E-state index is 0.0469. The smallest absolute Gasteiger partial charge is 0.349 e. The lowest BCUT2D eigenvalue weighted by molar-refractivity contribution is 0.158. The molecular formula is C16H17NO4. The largest absolute Gasteiger partial charge is 0.507 e. The normalized spacial score (nSPS) is 11.4. The lowest BCUT2D eigenvalue weighted by atomic mass is 10.1. The molecule has 1 aromatic heterocycles. The summed E-state index contributed by atoms with van der Waals surface area (Å²) in [4.78, 5) is 17.1. The van der Waals surface area contributed by atoms with E-state index in [0.717, 1.165) is 5.56 Å². The molecule has 0 bridgehead atoms. The van der Waals surface area contributed by atoms with Crippen LogP contribution < -0.4 is 5.63 Å². The van der Waals surface area contributed by atoms with Gasteiger partial charge < -0.3 is 14.4 Å². The summed E-state index contributed by atoms with van der Waals surface area (Å²) in [6, 6.07) is 10.5.